The molecule has 9 nitrogen and oxygen atoms in total. The highest BCUT2D eigenvalue weighted by Crippen LogP contribution is 2.30. The monoisotopic (exact) mass is 488 g/mol. The Kier molecular flexibility index (Phi) is 8.88. The van der Waals surface area contributed by atoms with Crippen LogP contribution in [0.25, 0.3) is 0 Å². The molecule has 2 aromatic carbocycles. The molecule has 0 saturated carbocycles. The van der Waals surface area contributed by atoms with E-state index in [1.165, 1.54) is 32.5 Å². The fourth-order valence-electron chi connectivity index (χ4n) is 3.05. The molecule has 3 aromatic rings. The first-order chi connectivity index (χ1) is 16.4. The third-order valence-electron chi connectivity index (χ3n) is 4.77. The van der Waals surface area contributed by atoms with Gasteiger partial charge in [-0.3, -0.25) is 9.59 Å². The number of thioether (sulfide) groups is 1. The minimum absolute atomic E-state index is 0.0351. The van der Waals surface area contributed by atoms with E-state index < -0.39 is 0 Å². The van der Waals surface area contributed by atoms with E-state index in [1.807, 2.05) is 0 Å². The molecule has 0 saturated heterocycles. The lowest BCUT2D eigenvalue weighted by Crippen LogP contribution is -2.28. The first-order valence-corrected chi connectivity index (χ1v) is 11.2. The van der Waals surface area contributed by atoms with E-state index in [-0.39, 0.29) is 43.1 Å². The summed E-state index contributed by atoms with van der Waals surface area (Å²) in [6, 6.07) is 10.9. The molecule has 11 heteroatoms. The quantitative estimate of drug-likeness (QED) is 0.356. The molecule has 1 heterocycles. The van der Waals surface area contributed by atoms with E-state index in [4.69, 9.17) is 9.47 Å². The molecule has 0 aliphatic heterocycles. The molecule has 180 valence electrons. The molecule has 0 radical (unpaired) electrons. The van der Waals surface area contributed by atoms with E-state index in [0.29, 0.717) is 28.0 Å². The van der Waals surface area contributed by atoms with Crippen molar-refractivity contribution in [3.63, 3.8) is 0 Å². The van der Waals surface area contributed by atoms with Gasteiger partial charge in [0.2, 0.25) is 11.8 Å². The zero-order chi connectivity index (χ0) is 24.5. The summed E-state index contributed by atoms with van der Waals surface area (Å²) in [6.07, 6.45) is 1.46. The lowest BCUT2D eigenvalue weighted by Gasteiger charge is -2.12. The summed E-state index contributed by atoms with van der Waals surface area (Å²) < 4.78 is 25.0. The van der Waals surface area contributed by atoms with Crippen LogP contribution in [-0.4, -0.2) is 46.4 Å². The molecule has 0 aliphatic rings. The Morgan fingerprint density at radius 3 is 2.50 bits per heavy atom. The van der Waals surface area contributed by atoms with Crippen LogP contribution in [0.3, 0.4) is 0 Å². The van der Waals surface area contributed by atoms with E-state index >= 15 is 0 Å². The molecular weight excluding hydrogens is 463 g/mol. The van der Waals surface area contributed by atoms with Crippen molar-refractivity contribution in [3.8, 4) is 11.5 Å². The Bertz CT molecular complexity index is 1140. The number of carbonyl (C=O) groups is 2. The van der Waals surface area contributed by atoms with Crippen molar-refractivity contribution < 1.29 is 28.6 Å². The SMILES string of the molecule is COc1ccc(NC(=O)CSc2ncc(CO)n2CC(=O)NCc2ccc(F)cc2)cc1OC. The standard InChI is InChI=1S/C23H25FN4O5S/c1-32-19-8-7-17(9-20(19)33-2)27-22(31)14-34-23-26-11-18(13-29)28(23)12-21(30)25-10-15-3-5-16(24)6-4-15/h3-9,11,29H,10,12-14H2,1-2H3,(H,25,30)(H,27,31). The molecule has 0 spiro atoms. The smallest absolute Gasteiger partial charge is 0.240 e. The highest BCUT2D eigenvalue weighted by Gasteiger charge is 2.15. The third-order valence-corrected chi connectivity index (χ3v) is 5.76. The summed E-state index contributed by atoms with van der Waals surface area (Å²) in [5, 5.41) is 15.5. The lowest BCUT2D eigenvalue weighted by atomic mass is 10.2. The minimum atomic E-state index is -0.349. The second kappa shape index (κ2) is 12.1. The number of amides is 2. The summed E-state index contributed by atoms with van der Waals surface area (Å²) >= 11 is 1.14. The largest absolute Gasteiger partial charge is 0.493 e. The van der Waals surface area contributed by atoms with Gasteiger partial charge in [-0.2, -0.15) is 0 Å². The van der Waals surface area contributed by atoms with Crippen molar-refractivity contribution in [3.05, 3.63) is 65.7 Å². The maximum atomic E-state index is 13.0. The van der Waals surface area contributed by atoms with Gasteiger partial charge < -0.3 is 29.8 Å². The zero-order valence-corrected chi connectivity index (χ0v) is 19.5. The molecular formula is C23H25FN4O5S. The molecule has 0 unspecified atom stereocenters. The number of anilines is 1. The summed E-state index contributed by atoms with van der Waals surface area (Å²) in [7, 11) is 3.03. The average molecular weight is 489 g/mol. The van der Waals surface area contributed by atoms with Gasteiger partial charge in [-0.25, -0.2) is 9.37 Å². The number of methoxy groups -OCH3 is 2. The number of aromatic nitrogens is 2. The van der Waals surface area contributed by atoms with Gasteiger partial charge in [0.15, 0.2) is 16.7 Å². The van der Waals surface area contributed by atoms with Crippen LogP contribution in [0.15, 0.2) is 53.8 Å². The Hall–Kier alpha value is -3.57. The van der Waals surface area contributed by atoms with Crippen molar-refractivity contribution in [1.29, 1.82) is 0 Å². The van der Waals surface area contributed by atoms with E-state index in [2.05, 4.69) is 15.6 Å². The van der Waals surface area contributed by atoms with Gasteiger partial charge in [-0.15, -0.1) is 0 Å². The maximum Gasteiger partial charge on any atom is 0.240 e. The fraction of sp³-hybridized carbons (Fsp3) is 0.261. The van der Waals surface area contributed by atoms with Crippen LogP contribution in [0.2, 0.25) is 0 Å². The second-order valence-corrected chi connectivity index (χ2v) is 8.03. The number of nitrogens with one attached hydrogen (secondary N) is 2. The lowest BCUT2D eigenvalue weighted by molar-refractivity contribution is -0.122. The van der Waals surface area contributed by atoms with Gasteiger partial charge in [0.25, 0.3) is 0 Å². The van der Waals surface area contributed by atoms with Gasteiger partial charge in [0, 0.05) is 18.3 Å². The van der Waals surface area contributed by atoms with Crippen LogP contribution in [0.4, 0.5) is 10.1 Å². The van der Waals surface area contributed by atoms with Crippen LogP contribution in [0.5, 0.6) is 11.5 Å². The van der Waals surface area contributed by atoms with Gasteiger partial charge in [0.05, 0.1) is 38.5 Å². The van der Waals surface area contributed by atoms with E-state index in [0.717, 1.165) is 17.3 Å². The van der Waals surface area contributed by atoms with Gasteiger partial charge in [0.1, 0.15) is 12.4 Å². The van der Waals surface area contributed by atoms with E-state index in [1.54, 1.807) is 34.9 Å². The predicted octanol–water partition coefficient (Wildman–Crippen LogP) is 2.58. The maximum absolute atomic E-state index is 13.0. The molecule has 0 bridgehead atoms. The summed E-state index contributed by atoms with van der Waals surface area (Å²) in [6.45, 7) is -0.161. The normalized spacial score (nSPS) is 10.6. The molecule has 1 aromatic heterocycles. The number of ether oxygens (including phenoxy) is 2. The van der Waals surface area contributed by atoms with Crippen LogP contribution in [0.1, 0.15) is 11.3 Å². The highest BCUT2D eigenvalue weighted by molar-refractivity contribution is 7.99. The fourth-order valence-corrected chi connectivity index (χ4v) is 3.84. The van der Waals surface area contributed by atoms with Gasteiger partial charge in [-0.05, 0) is 29.8 Å². The number of halogens is 1. The number of benzene rings is 2. The Morgan fingerprint density at radius 1 is 1.09 bits per heavy atom. The minimum Gasteiger partial charge on any atom is -0.493 e. The molecule has 2 amide bonds. The van der Waals surface area contributed by atoms with Gasteiger partial charge >= 0.3 is 0 Å². The first kappa shape index (κ1) is 25.1. The summed E-state index contributed by atoms with van der Waals surface area (Å²) in [5.41, 5.74) is 1.74. The van der Waals surface area contributed by atoms with Crippen molar-refractivity contribution in [2.45, 2.75) is 24.9 Å². The third kappa shape index (κ3) is 6.72. The number of aliphatic hydroxyl groups is 1. The Morgan fingerprint density at radius 2 is 1.82 bits per heavy atom. The van der Waals surface area contributed by atoms with E-state index in [9.17, 15) is 19.1 Å². The summed E-state index contributed by atoms with van der Waals surface area (Å²) in [4.78, 5) is 29.1. The average Bonchev–Trinajstić information content (AvgIpc) is 3.23. The number of aliphatic hydroxyl groups excluding tert-OH is 1. The van der Waals surface area contributed by atoms with Crippen molar-refractivity contribution in [1.82, 2.24) is 14.9 Å². The second-order valence-electron chi connectivity index (χ2n) is 7.09. The van der Waals surface area contributed by atoms with Crippen LogP contribution in [-0.2, 0) is 29.3 Å². The molecule has 34 heavy (non-hydrogen) atoms. The number of nitrogens with zero attached hydrogens (tertiary/aromatic N) is 2. The van der Waals surface area contributed by atoms with Crippen LogP contribution in [0, 0.1) is 5.82 Å². The van der Waals surface area contributed by atoms with Crippen molar-refractivity contribution >= 4 is 29.3 Å². The van der Waals surface area contributed by atoms with Crippen molar-refractivity contribution in [2.24, 2.45) is 0 Å². The van der Waals surface area contributed by atoms with Crippen LogP contribution >= 0.6 is 11.8 Å². The molecule has 3 N–H and O–H groups in total. The molecule has 0 aliphatic carbocycles. The number of carbonyl (C=O) groups excluding carboxylic acids is 2. The summed E-state index contributed by atoms with van der Waals surface area (Å²) in [5.74, 6) is 0.131. The number of hydrogen-bond acceptors (Lipinski definition) is 7. The van der Waals surface area contributed by atoms with Gasteiger partial charge in [-0.1, -0.05) is 23.9 Å². The topological polar surface area (TPSA) is 115 Å². The van der Waals surface area contributed by atoms with Crippen molar-refractivity contribution in [2.75, 3.05) is 25.3 Å². The number of rotatable bonds is 11. The Balaban J connectivity index is 1.58. The van der Waals surface area contributed by atoms with Crippen LogP contribution < -0.4 is 20.1 Å². The molecule has 0 atom stereocenters. The Labute approximate surface area is 200 Å². The zero-order valence-electron chi connectivity index (χ0n) is 18.7. The highest BCUT2D eigenvalue weighted by atomic mass is 32.2. The molecule has 3 rings (SSSR count). The molecule has 0 fully saturated rings. The predicted molar refractivity (Wildman–Crippen MR) is 125 cm³/mol. The number of imidazole rings is 1. The number of hydrogen-bond donors (Lipinski definition) is 3. The first-order valence-electron chi connectivity index (χ1n) is 10.2.